The van der Waals surface area contributed by atoms with Crippen molar-refractivity contribution in [1.82, 2.24) is 4.98 Å². The van der Waals surface area contributed by atoms with Gasteiger partial charge in [0, 0.05) is 10.8 Å². The van der Waals surface area contributed by atoms with Gasteiger partial charge in [0.15, 0.2) is 9.84 Å². The fraction of sp³-hybridized carbons (Fsp3) is 0.357. The van der Waals surface area contributed by atoms with Crippen molar-refractivity contribution in [3.8, 4) is 0 Å². The summed E-state index contributed by atoms with van der Waals surface area (Å²) in [6.45, 7) is 6.06. The van der Waals surface area contributed by atoms with E-state index in [-0.39, 0.29) is 16.1 Å². The molecule has 1 heterocycles. The van der Waals surface area contributed by atoms with Crippen LogP contribution in [0.1, 0.15) is 31.5 Å². The summed E-state index contributed by atoms with van der Waals surface area (Å²) >= 11 is 1.32. The van der Waals surface area contributed by atoms with Gasteiger partial charge in [-0.1, -0.05) is 26.8 Å². The Balaban J connectivity index is 2.27. The molecule has 0 aliphatic heterocycles. The van der Waals surface area contributed by atoms with E-state index in [4.69, 9.17) is 0 Å². The van der Waals surface area contributed by atoms with Gasteiger partial charge in [0.05, 0.1) is 10.6 Å². The molecular formula is C14H16FNO2S2. The quantitative estimate of drug-likeness (QED) is 0.870. The minimum atomic E-state index is -3.56. The molecule has 0 N–H and O–H groups in total. The summed E-state index contributed by atoms with van der Waals surface area (Å²) in [5.41, 5.74) is 0.754. The first kappa shape index (κ1) is 15.1. The topological polar surface area (TPSA) is 47.0 Å². The van der Waals surface area contributed by atoms with Crippen LogP contribution in [0.2, 0.25) is 0 Å². The van der Waals surface area contributed by atoms with Crippen LogP contribution in [0.15, 0.2) is 34.5 Å². The summed E-state index contributed by atoms with van der Waals surface area (Å²) in [5, 5.41) is 2.40. The maximum absolute atomic E-state index is 13.1. The van der Waals surface area contributed by atoms with E-state index in [0.29, 0.717) is 5.01 Å². The lowest BCUT2D eigenvalue weighted by Crippen LogP contribution is -2.12. The van der Waals surface area contributed by atoms with Crippen molar-refractivity contribution in [2.24, 2.45) is 0 Å². The van der Waals surface area contributed by atoms with Crippen molar-refractivity contribution >= 4 is 21.2 Å². The Morgan fingerprint density at radius 1 is 1.30 bits per heavy atom. The maximum atomic E-state index is 13.1. The normalized spacial score (nSPS) is 12.6. The molecule has 0 unspecified atom stereocenters. The number of hydrogen-bond donors (Lipinski definition) is 0. The SMILES string of the molecule is CC(C)(C)c1csc(CS(=O)(=O)c2cccc(F)c2)n1. The minimum Gasteiger partial charge on any atom is -0.245 e. The van der Waals surface area contributed by atoms with Crippen LogP contribution in [0.4, 0.5) is 4.39 Å². The predicted octanol–water partition coefficient (Wildman–Crippen LogP) is 3.55. The third kappa shape index (κ3) is 3.43. The highest BCUT2D eigenvalue weighted by atomic mass is 32.2. The molecule has 2 aromatic rings. The van der Waals surface area contributed by atoms with E-state index in [0.717, 1.165) is 11.8 Å². The van der Waals surface area contributed by atoms with E-state index in [1.165, 1.54) is 29.5 Å². The van der Waals surface area contributed by atoms with E-state index in [1.54, 1.807) is 0 Å². The highest BCUT2D eigenvalue weighted by Crippen LogP contribution is 2.26. The molecule has 108 valence electrons. The van der Waals surface area contributed by atoms with Gasteiger partial charge in [-0.25, -0.2) is 17.8 Å². The van der Waals surface area contributed by atoms with E-state index < -0.39 is 15.7 Å². The van der Waals surface area contributed by atoms with Gasteiger partial charge in [-0.05, 0) is 18.2 Å². The van der Waals surface area contributed by atoms with Gasteiger partial charge in [-0.15, -0.1) is 11.3 Å². The van der Waals surface area contributed by atoms with E-state index in [1.807, 2.05) is 26.2 Å². The molecule has 2 rings (SSSR count). The van der Waals surface area contributed by atoms with Gasteiger partial charge in [0.2, 0.25) is 0 Å². The van der Waals surface area contributed by atoms with Crippen LogP contribution in [0.5, 0.6) is 0 Å². The van der Waals surface area contributed by atoms with Crippen LogP contribution in [-0.2, 0) is 21.0 Å². The van der Waals surface area contributed by atoms with Gasteiger partial charge in [-0.2, -0.15) is 0 Å². The zero-order chi connectivity index (χ0) is 15.0. The van der Waals surface area contributed by atoms with Crippen LogP contribution in [-0.4, -0.2) is 13.4 Å². The number of hydrogen-bond acceptors (Lipinski definition) is 4. The highest BCUT2D eigenvalue weighted by Gasteiger charge is 2.21. The summed E-state index contributed by atoms with van der Waals surface area (Å²) in [5.74, 6) is -0.752. The second kappa shape index (κ2) is 5.26. The summed E-state index contributed by atoms with van der Waals surface area (Å²) in [6.07, 6.45) is 0. The first-order valence-electron chi connectivity index (χ1n) is 6.12. The molecule has 0 spiro atoms. The number of thiazole rings is 1. The lowest BCUT2D eigenvalue weighted by atomic mass is 9.93. The lowest BCUT2D eigenvalue weighted by Gasteiger charge is -2.14. The molecule has 0 aliphatic carbocycles. The van der Waals surface area contributed by atoms with Crippen LogP contribution < -0.4 is 0 Å². The maximum Gasteiger partial charge on any atom is 0.185 e. The number of aromatic nitrogens is 1. The Labute approximate surface area is 122 Å². The third-order valence-electron chi connectivity index (χ3n) is 2.79. The Bertz CT molecular complexity index is 715. The smallest absolute Gasteiger partial charge is 0.185 e. The highest BCUT2D eigenvalue weighted by molar-refractivity contribution is 7.90. The number of halogens is 1. The zero-order valence-electron chi connectivity index (χ0n) is 11.6. The van der Waals surface area contributed by atoms with Crippen molar-refractivity contribution in [3.63, 3.8) is 0 Å². The van der Waals surface area contributed by atoms with Gasteiger partial charge < -0.3 is 0 Å². The Morgan fingerprint density at radius 2 is 2.00 bits per heavy atom. The average molecular weight is 313 g/mol. The van der Waals surface area contributed by atoms with Crippen LogP contribution in [0, 0.1) is 5.82 Å². The molecule has 6 heteroatoms. The number of rotatable bonds is 3. The molecule has 1 aromatic heterocycles. The van der Waals surface area contributed by atoms with Crippen molar-refractivity contribution in [2.45, 2.75) is 36.8 Å². The van der Waals surface area contributed by atoms with E-state index in [9.17, 15) is 12.8 Å². The molecule has 0 atom stereocenters. The van der Waals surface area contributed by atoms with Crippen molar-refractivity contribution in [3.05, 3.63) is 46.2 Å². The molecule has 0 saturated heterocycles. The second-order valence-electron chi connectivity index (χ2n) is 5.59. The molecule has 0 amide bonds. The number of nitrogens with zero attached hydrogens (tertiary/aromatic N) is 1. The standard InChI is InChI=1S/C14H16FNO2S2/c1-14(2,3)12-8-19-13(16-12)9-20(17,18)11-6-4-5-10(15)7-11/h4-8H,9H2,1-3H3. The number of sulfone groups is 1. The Morgan fingerprint density at radius 3 is 2.55 bits per heavy atom. The Hall–Kier alpha value is -1.27. The predicted molar refractivity (Wildman–Crippen MR) is 78.1 cm³/mol. The van der Waals surface area contributed by atoms with Crippen molar-refractivity contribution in [1.29, 1.82) is 0 Å². The molecule has 0 fully saturated rings. The molecule has 3 nitrogen and oxygen atoms in total. The van der Waals surface area contributed by atoms with Crippen molar-refractivity contribution < 1.29 is 12.8 Å². The van der Waals surface area contributed by atoms with Crippen molar-refractivity contribution in [2.75, 3.05) is 0 Å². The zero-order valence-corrected chi connectivity index (χ0v) is 13.2. The summed E-state index contributed by atoms with van der Waals surface area (Å²) < 4.78 is 37.5. The second-order valence-corrected chi connectivity index (χ2v) is 8.53. The van der Waals surface area contributed by atoms with Gasteiger partial charge in [0.25, 0.3) is 0 Å². The van der Waals surface area contributed by atoms with Gasteiger partial charge >= 0.3 is 0 Å². The van der Waals surface area contributed by atoms with Crippen LogP contribution in [0.3, 0.4) is 0 Å². The fourth-order valence-electron chi connectivity index (χ4n) is 1.63. The summed E-state index contributed by atoms with van der Waals surface area (Å²) in [4.78, 5) is 4.35. The molecule has 0 saturated carbocycles. The van der Waals surface area contributed by atoms with Gasteiger partial charge in [0.1, 0.15) is 16.6 Å². The molecule has 20 heavy (non-hydrogen) atoms. The fourth-order valence-corrected chi connectivity index (χ4v) is 4.30. The largest absolute Gasteiger partial charge is 0.245 e. The number of benzene rings is 1. The molecule has 0 radical (unpaired) electrons. The average Bonchev–Trinajstić information content (AvgIpc) is 2.76. The van der Waals surface area contributed by atoms with Crippen LogP contribution in [0.25, 0.3) is 0 Å². The summed E-state index contributed by atoms with van der Waals surface area (Å²) in [6, 6.07) is 5.05. The Kier molecular flexibility index (Phi) is 3.97. The lowest BCUT2D eigenvalue weighted by molar-refractivity contribution is 0.570. The first-order valence-corrected chi connectivity index (χ1v) is 8.65. The minimum absolute atomic E-state index is 0.00925. The van der Waals surface area contributed by atoms with E-state index in [2.05, 4.69) is 4.98 Å². The van der Waals surface area contributed by atoms with E-state index >= 15 is 0 Å². The monoisotopic (exact) mass is 313 g/mol. The molecule has 0 aliphatic rings. The third-order valence-corrected chi connectivity index (χ3v) is 5.45. The van der Waals surface area contributed by atoms with Crippen LogP contribution >= 0.6 is 11.3 Å². The summed E-state index contributed by atoms with van der Waals surface area (Å²) in [7, 11) is -3.56. The first-order chi connectivity index (χ1) is 9.18. The molecule has 0 bridgehead atoms. The van der Waals surface area contributed by atoms with Gasteiger partial charge in [-0.3, -0.25) is 0 Å². The molecular weight excluding hydrogens is 297 g/mol. The molecule has 1 aromatic carbocycles.